The Morgan fingerprint density at radius 3 is 2.67 bits per heavy atom. The monoisotopic (exact) mass is 335 g/mol. The van der Waals surface area contributed by atoms with E-state index in [1.165, 1.54) is 0 Å². The van der Waals surface area contributed by atoms with Crippen LogP contribution >= 0.6 is 0 Å². The Morgan fingerprint density at radius 1 is 1.33 bits per heavy atom. The molecule has 0 radical (unpaired) electrons. The molecular formula is C17H25N3O4. The molecule has 24 heavy (non-hydrogen) atoms. The van der Waals surface area contributed by atoms with Crippen LogP contribution in [0.5, 0.6) is 0 Å². The number of rotatable bonds is 4. The maximum Gasteiger partial charge on any atom is 0.312 e. The van der Waals surface area contributed by atoms with Gasteiger partial charge in [-0.25, -0.2) is 0 Å². The van der Waals surface area contributed by atoms with Crippen molar-refractivity contribution in [1.29, 1.82) is 0 Å². The lowest BCUT2D eigenvalue weighted by molar-refractivity contribution is -0.154. The number of aromatic nitrogens is 2. The maximum atomic E-state index is 12.4. The third-order valence-electron chi connectivity index (χ3n) is 5.10. The number of hydrogen-bond donors (Lipinski definition) is 0. The number of carbonyl (C=O) groups excluding carboxylic acids is 2. The first-order chi connectivity index (χ1) is 11.4. The molecule has 3 rings (SSSR count). The average molecular weight is 335 g/mol. The Bertz CT molecular complexity index is 607. The molecule has 2 heterocycles. The van der Waals surface area contributed by atoms with Crippen molar-refractivity contribution in [3.8, 4) is 0 Å². The first-order valence-corrected chi connectivity index (χ1v) is 8.74. The van der Waals surface area contributed by atoms with Crippen LogP contribution in [0.15, 0.2) is 4.52 Å². The van der Waals surface area contributed by atoms with E-state index in [1.54, 1.807) is 13.8 Å². The van der Waals surface area contributed by atoms with Crippen molar-refractivity contribution < 1.29 is 18.8 Å². The summed E-state index contributed by atoms with van der Waals surface area (Å²) in [5.74, 6) is 0.822. The van der Waals surface area contributed by atoms with Crippen molar-refractivity contribution in [2.45, 2.75) is 65.0 Å². The number of amides is 1. The molecular weight excluding hydrogens is 310 g/mol. The van der Waals surface area contributed by atoms with Crippen molar-refractivity contribution in [3.05, 3.63) is 11.7 Å². The number of nitrogens with zero attached hydrogens (tertiary/aromatic N) is 3. The van der Waals surface area contributed by atoms with Gasteiger partial charge in [0.05, 0.1) is 5.92 Å². The Labute approximate surface area is 141 Å². The molecule has 1 aromatic heterocycles. The molecule has 1 saturated heterocycles. The second-order valence-corrected chi connectivity index (χ2v) is 7.12. The second kappa shape index (κ2) is 6.91. The molecule has 0 aromatic carbocycles. The Morgan fingerprint density at radius 2 is 2.04 bits per heavy atom. The predicted octanol–water partition coefficient (Wildman–Crippen LogP) is 2.41. The van der Waals surface area contributed by atoms with Crippen molar-refractivity contribution in [1.82, 2.24) is 15.0 Å². The van der Waals surface area contributed by atoms with Gasteiger partial charge in [0, 0.05) is 19.0 Å². The lowest BCUT2D eigenvalue weighted by Gasteiger charge is -2.33. The quantitative estimate of drug-likeness (QED) is 0.786. The van der Waals surface area contributed by atoms with E-state index >= 15 is 0 Å². The van der Waals surface area contributed by atoms with Crippen LogP contribution in [0.1, 0.15) is 63.8 Å². The van der Waals surface area contributed by atoms with Crippen molar-refractivity contribution >= 4 is 11.9 Å². The molecule has 0 N–H and O–H groups in total. The third-order valence-corrected chi connectivity index (χ3v) is 5.10. The third kappa shape index (κ3) is 3.60. The van der Waals surface area contributed by atoms with Crippen LogP contribution in [-0.2, 0) is 14.3 Å². The summed E-state index contributed by atoms with van der Waals surface area (Å²) in [6.07, 6.45) is 4.01. The van der Waals surface area contributed by atoms with Gasteiger partial charge in [0.2, 0.25) is 5.91 Å². The minimum Gasteiger partial charge on any atom is -0.452 e. The van der Waals surface area contributed by atoms with Crippen LogP contribution in [-0.4, -0.2) is 39.5 Å². The van der Waals surface area contributed by atoms with Crippen LogP contribution in [0, 0.1) is 18.8 Å². The number of ether oxygens (including phenoxy) is 1. The molecule has 0 unspecified atom stereocenters. The Kier molecular flexibility index (Phi) is 4.87. The highest BCUT2D eigenvalue weighted by atomic mass is 16.6. The van der Waals surface area contributed by atoms with Crippen LogP contribution in [0.2, 0.25) is 0 Å². The highest BCUT2D eigenvalue weighted by molar-refractivity contribution is 5.87. The molecule has 2 aliphatic rings. The lowest BCUT2D eigenvalue weighted by Crippen LogP contribution is -2.39. The zero-order valence-electron chi connectivity index (χ0n) is 14.5. The zero-order valence-corrected chi connectivity index (χ0v) is 14.5. The van der Waals surface area contributed by atoms with Crippen molar-refractivity contribution in [2.24, 2.45) is 11.8 Å². The van der Waals surface area contributed by atoms with Gasteiger partial charge < -0.3 is 14.2 Å². The summed E-state index contributed by atoms with van der Waals surface area (Å²) in [5, 5.41) is 3.69. The highest BCUT2D eigenvalue weighted by Crippen LogP contribution is 2.32. The van der Waals surface area contributed by atoms with Gasteiger partial charge in [-0.1, -0.05) is 12.1 Å². The van der Waals surface area contributed by atoms with Gasteiger partial charge in [0.25, 0.3) is 5.89 Å². The summed E-state index contributed by atoms with van der Waals surface area (Å²) in [7, 11) is 0. The molecule has 132 valence electrons. The standard InChI is InChI=1S/C17H25N3O4/c1-10-4-6-14(7-5-10)20-9-13(8-15(20)21)17(22)23-11(2)16-18-12(3)19-24-16/h10-11,13-14H,4-9H2,1-3H3/t10?,11-,13+,14?/m0/s1. The molecule has 1 aliphatic carbocycles. The molecule has 1 amide bonds. The minimum absolute atomic E-state index is 0.0674. The topological polar surface area (TPSA) is 85.5 Å². The van der Waals surface area contributed by atoms with E-state index < -0.39 is 12.0 Å². The first kappa shape index (κ1) is 16.9. The first-order valence-electron chi connectivity index (χ1n) is 8.74. The molecule has 2 atom stereocenters. The van der Waals surface area contributed by atoms with E-state index in [2.05, 4.69) is 17.1 Å². The predicted molar refractivity (Wildman–Crippen MR) is 84.8 cm³/mol. The average Bonchev–Trinajstić information content (AvgIpc) is 3.14. The number of carbonyl (C=O) groups is 2. The minimum atomic E-state index is -0.599. The summed E-state index contributed by atoms with van der Waals surface area (Å²) in [6, 6.07) is 0.280. The van der Waals surface area contributed by atoms with Gasteiger partial charge in [0.1, 0.15) is 0 Å². The summed E-state index contributed by atoms with van der Waals surface area (Å²) in [5.41, 5.74) is 0. The molecule has 1 saturated carbocycles. The summed E-state index contributed by atoms with van der Waals surface area (Å²) < 4.78 is 10.4. The maximum absolute atomic E-state index is 12.4. The summed E-state index contributed by atoms with van der Waals surface area (Å²) >= 11 is 0. The van der Waals surface area contributed by atoms with Gasteiger partial charge in [-0.3, -0.25) is 9.59 Å². The second-order valence-electron chi connectivity index (χ2n) is 7.12. The molecule has 2 fully saturated rings. The van der Waals surface area contributed by atoms with E-state index in [0.717, 1.165) is 31.6 Å². The van der Waals surface area contributed by atoms with E-state index in [9.17, 15) is 9.59 Å². The molecule has 1 aromatic rings. The van der Waals surface area contributed by atoms with Crippen LogP contribution in [0.3, 0.4) is 0 Å². The highest BCUT2D eigenvalue weighted by Gasteiger charge is 2.40. The van der Waals surface area contributed by atoms with E-state index in [4.69, 9.17) is 9.26 Å². The van der Waals surface area contributed by atoms with Crippen LogP contribution in [0.4, 0.5) is 0 Å². The Hall–Kier alpha value is -1.92. The van der Waals surface area contributed by atoms with Gasteiger partial charge in [0.15, 0.2) is 11.9 Å². The fourth-order valence-electron chi connectivity index (χ4n) is 3.60. The molecule has 7 nitrogen and oxygen atoms in total. The van der Waals surface area contributed by atoms with Gasteiger partial charge >= 0.3 is 5.97 Å². The SMILES string of the molecule is Cc1noc([C@H](C)OC(=O)[C@@H]2CC(=O)N(C3CCC(C)CC3)C2)n1. The van der Waals surface area contributed by atoms with Crippen LogP contribution in [0.25, 0.3) is 0 Å². The van der Waals surface area contributed by atoms with Crippen molar-refractivity contribution in [2.75, 3.05) is 6.54 Å². The number of esters is 1. The van der Waals surface area contributed by atoms with E-state index in [-0.39, 0.29) is 30.2 Å². The number of likely N-dealkylation sites (tertiary alicyclic amines) is 1. The molecule has 0 bridgehead atoms. The van der Waals surface area contributed by atoms with Gasteiger partial charge in [-0.15, -0.1) is 0 Å². The smallest absolute Gasteiger partial charge is 0.312 e. The Balaban J connectivity index is 1.55. The summed E-state index contributed by atoms with van der Waals surface area (Å²) in [6.45, 7) is 6.12. The lowest BCUT2D eigenvalue weighted by atomic mass is 9.87. The zero-order chi connectivity index (χ0) is 17.3. The largest absolute Gasteiger partial charge is 0.452 e. The summed E-state index contributed by atoms with van der Waals surface area (Å²) in [4.78, 5) is 30.6. The number of aryl methyl sites for hydroxylation is 1. The van der Waals surface area contributed by atoms with E-state index in [1.807, 2.05) is 4.90 Å². The normalized spacial score (nSPS) is 28.9. The van der Waals surface area contributed by atoms with Crippen LogP contribution < -0.4 is 0 Å². The fourth-order valence-corrected chi connectivity index (χ4v) is 3.60. The molecule has 7 heteroatoms. The van der Waals surface area contributed by atoms with Crippen molar-refractivity contribution in [3.63, 3.8) is 0 Å². The molecule has 0 spiro atoms. The van der Waals surface area contributed by atoms with Gasteiger partial charge in [-0.05, 0) is 45.4 Å². The fraction of sp³-hybridized carbons (Fsp3) is 0.765. The van der Waals surface area contributed by atoms with Gasteiger partial charge in [-0.2, -0.15) is 4.98 Å². The van der Waals surface area contributed by atoms with E-state index in [0.29, 0.717) is 12.4 Å². The number of hydrogen-bond acceptors (Lipinski definition) is 6. The molecule has 1 aliphatic heterocycles.